The van der Waals surface area contributed by atoms with Crippen LogP contribution in [0.2, 0.25) is 0 Å². The second-order valence-electron chi connectivity index (χ2n) is 52.0. The Balaban J connectivity index is 0.763. The fourth-order valence-corrected chi connectivity index (χ4v) is 55.6. The summed E-state index contributed by atoms with van der Waals surface area (Å²) in [5.74, 6) is -1.79. The Morgan fingerprint density at radius 1 is 0.0942 bits per heavy atom. The summed E-state index contributed by atoms with van der Waals surface area (Å²) in [7, 11) is 0. The summed E-state index contributed by atoms with van der Waals surface area (Å²) in [6.07, 6.45) is 0. The molecule has 8 amide bonds. The topological polar surface area (TPSA) is 151 Å². The fourth-order valence-electron chi connectivity index (χ4n) is 55.6. The number of benzene rings is 31. The standard InChI is InChI=1S/C128H4N4O6/c133-113-127(114(134)130-117(137)129-113)121-98-78-56-33-17-5-1-4-10-20-27-13(4)26(17)42(56)62-47(27)65-53-40(20)55-51-29(10)28-9(1)16-8(5)21-32-41-39(16)54-50(28)70(51)92-103-74(54)71(41)76-72-52(32)59(34(21)33)80(78)100(121)91(72)96-105(76)120(103)119-97-77-60-43-24-11-3-2-6-15-23-12(2)25-19-7(3)14-22(11)45(60)63-48-31(14)38-36(19)58-44(25)61-46(23)64-49-30(15)37-35(18(6)24)57(43)83(97)87-66(37)69(49)90-94(107(87)119)112-110-95-89(101(81(63)77)123(110,119)124(120)104(92)75(55)73(53)93-106(86(65)85(62)98)126(121,127)111(96)109(93)124)68(48)67(38)88-84(58)99-79(61)82(64)102(90)125(112)122(99,108(88)95)128(125)115(135)131-118(138)132-116(128)136/h(H2,129,130,133,134,137)(H2,131,132,135,136,138). The molecule has 2 saturated heterocycles. The van der Waals surface area contributed by atoms with Gasteiger partial charge in [0.25, 0.3) is 0 Å². The van der Waals surface area contributed by atoms with Crippen molar-refractivity contribution >= 4 is 554 Å². The fraction of sp³-hybridized carbons (Fsp3) is 0.0781. The van der Waals surface area contributed by atoms with Crippen molar-refractivity contribution < 1.29 is 28.8 Å². The maximum Gasteiger partial charge on any atom is 0.328 e. The van der Waals surface area contributed by atoms with E-state index in [-0.39, 0.29) is 0 Å². The molecule has 5 fully saturated rings. The van der Waals surface area contributed by atoms with Crippen LogP contribution < -0.4 is 21.3 Å². The number of carbonyl (C=O) groups excluding carboxylic acids is 6. The van der Waals surface area contributed by atoms with Crippen molar-refractivity contribution in [1.29, 1.82) is 0 Å². The molecule has 10 nitrogen and oxygen atoms in total. The maximum atomic E-state index is 18.7. The summed E-state index contributed by atoms with van der Waals surface area (Å²) >= 11 is 0. The van der Waals surface area contributed by atoms with Gasteiger partial charge in [-0.3, -0.25) is 40.4 Å². The lowest BCUT2D eigenvalue weighted by molar-refractivity contribution is -0.141. The van der Waals surface area contributed by atoms with Crippen molar-refractivity contribution in [2.75, 3.05) is 0 Å². The van der Waals surface area contributed by atoms with Crippen molar-refractivity contribution in [1.82, 2.24) is 21.3 Å². The predicted molar refractivity (Wildman–Crippen MR) is 542 cm³/mol. The Bertz CT molecular complexity index is 16600. The largest absolute Gasteiger partial charge is 0.328 e. The molecule has 138 heavy (non-hydrogen) atoms. The molecule has 21 aliphatic rings. The summed E-state index contributed by atoms with van der Waals surface area (Å²) in [5, 5.41) is 146. The Kier molecular flexibility index (Phi) is 3.77. The van der Waals surface area contributed by atoms with E-state index in [0.717, 1.165) is 0 Å². The van der Waals surface area contributed by atoms with E-state index in [1.807, 2.05) is 0 Å². The molecule has 8 unspecified atom stereocenters. The molecule has 0 bridgehead atoms. The molecule has 2 heterocycles. The first kappa shape index (κ1) is 49.6. The molecule has 0 radical (unpaired) electrons. The highest BCUT2D eigenvalue weighted by atomic mass is 16.2. The van der Waals surface area contributed by atoms with Crippen LogP contribution in [-0.2, 0) is 62.5 Å². The van der Waals surface area contributed by atoms with Gasteiger partial charge in [-0.25, -0.2) is 9.59 Å². The number of amides is 8. The van der Waals surface area contributed by atoms with E-state index in [1.54, 1.807) is 11.1 Å². The van der Waals surface area contributed by atoms with Crippen molar-refractivity contribution in [2.45, 2.75) is 43.3 Å². The first-order valence-electron chi connectivity index (χ1n) is 50.7. The molecule has 10 heteroatoms. The van der Waals surface area contributed by atoms with Crippen molar-refractivity contribution in [3.05, 3.63) is 89.0 Å². The van der Waals surface area contributed by atoms with Crippen LogP contribution in [0, 0.1) is 10.8 Å². The average molecular weight is 1690 g/mol. The Labute approximate surface area is 741 Å². The second kappa shape index (κ2) is 10.5. The summed E-state index contributed by atoms with van der Waals surface area (Å²) in [4.78, 5) is 106. The molecule has 0 aromatic heterocycles. The monoisotopic (exact) mass is 1690 g/mol. The average Bonchev–Trinajstić information content (AvgIpc) is 1.32. The number of barbiturate groups is 2. The third-order valence-corrected chi connectivity index (χ3v) is 53.8. The highest BCUT2D eigenvalue weighted by molar-refractivity contribution is 6.86. The third kappa shape index (κ3) is 2.30. The summed E-state index contributed by atoms with van der Waals surface area (Å²) in [6.45, 7) is 0. The van der Waals surface area contributed by atoms with Gasteiger partial charge in [-0.2, -0.15) is 0 Å². The SMILES string of the molecule is O=C1NC(=O)C2(C(=O)N1)C13C4=C5c6c7c8c9c(c%10c%11c1c1c4c4c%12c%13c%14c%15c%16c(c6c6c8c8c%17c9c9c%10c%10c%11c%11c1c%12c1c%12c%13c%13c%15c%15c%16c6c8c6c%15c8c%13c%12c%12c(c%111)c%10c1c9c%17c6c8c1%12)C51C56C8=C9c%10c%11c%12c%13c%10c%10c%15c%16c%17c%18c%19c(c8c8c%20c5c5c(c%21c%12c%12c%22c%21c%21c5c5c%20c%20c8c%19c8c%18c%18c%16c%16c%19c%15c%13c%12c%19c%12c%22c%13c%21c5c5c%20c8c8c%18c%16c%12c%13c58)C%116C4%141)C91C4(C(=O)NC(=O)NC4=O)C%10%171)C723. The molecule has 2 aliphatic heterocycles. The zero-order valence-electron chi connectivity index (χ0n) is 68.4. The highest BCUT2D eigenvalue weighted by Crippen LogP contribution is 3.11. The predicted octanol–water partition coefficient (Wildman–Crippen LogP) is 26.3. The van der Waals surface area contributed by atoms with Gasteiger partial charge in [-0.1, -0.05) is 0 Å². The number of allylic oxidation sites excluding steroid dienone is 4. The molecular weight excluding hydrogens is 1690 g/mol. The number of rotatable bonds is 0. The molecule has 48 aromatic carbocycles. The van der Waals surface area contributed by atoms with Gasteiger partial charge in [0, 0.05) is 0 Å². The molecule has 48 aromatic rings. The highest BCUT2D eigenvalue weighted by Gasteiger charge is 3.10. The van der Waals surface area contributed by atoms with Gasteiger partial charge in [0.15, 0.2) is 10.8 Å². The van der Waals surface area contributed by atoms with Crippen molar-refractivity contribution in [3.63, 3.8) is 0 Å². The van der Waals surface area contributed by atoms with Crippen LogP contribution in [0.1, 0.15) is 89.0 Å². The molecule has 3 saturated carbocycles. The smallest absolute Gasteiger partial charge is 0.277 e. The van der Waals surface area contributed by atoms with E-state index in [0.29, 0.717) is 0 Å². The van der Waals surface area contributed by atoms with Gasteiger partial charge in [0.1, 0.15) is 0 Å². The van der Waals surface area contributed by atoms with E-state index >= 15 is 28.8 Å². The van der Waals surface area contributed by atoms with Gasteiger partial charge in [0.05, 0.1) is 43.3 Å². The van der Waals surface area contributed by atoms with Crippen LogP contribution in [0.5, 0.6) is 0 Å². The van der Waals surface area contributed by atoms with Crippen LogP contribution in [0.4, 0.5) is 9.59 Å². The van der Waals surface area contributed by atoms with E-state index in [4.69, 9.17) is 0 Å². The number of imide groups is 4. The minimum absolute atomic E-state index is 0.448. The lowest BCUT2D eigenvalue weighted by Gasteiger charge is -2.84. The molecule has 8 atom stereocenters. The first-order valence-corrected chi connectivity index (χ1v) is 50.7. The molecule has 19 aliphatic carbocycles. The minimum Gasteiger partial charge on any atom is -0.277 e. The quantitative estimate of drug-likeness (QED) is 0.0877. The minimum atomic E-state index is -1.93. The lowest BCUT2D eigenvalue weighted by atomic mass is 9.14. The summed E-state index contributed by atoms with van der Waals surface area (Å²) in [5.41, 5.74) is 13.1. The third-order valence-electron chi connectivity index (χ3n) is 53.8. The Morgan fingerprint density at radius 3 is 0.457 bits per heavy atom. The molecule has 10 spiro atoms. The summed E-state index contributed by atoms with van der Waals surface area (Å²) < 4.78 is 0. The number of urea groups is 2. The molecule has 69 rings (SSSR count). The van der Waals surface area contributed by atoms with Crippen LogP contribution in [0.3, 0.4) is 0 Å². The van der Waals surface area contributed by atoms with E-state index in [9.17, 15) is 0 Å². The maximum absolute atomic E-state index is 18.7. The first-order chi connectivity index (χ1) is 68.3. The van der Waals surface area contributed by atoms with E-state index in [1.165, 1.54) is 596 Å². The molecule has 572 valence electrons. The van der Waals surface area contributed by atoms with Gasteiger partial charge >= 0.3 is 12.1 Å². The van der Waals surface area contributed by atoms with Crippen molar-refractivity contribution in [3.8, 4) is 0 Å². The zero-order valence-corrected chi connectivity index (χ0v) is 68.4. The van der Waals surface area contributed by atoms with E-state index < -0.39 is 89.8 Å². The zero-order chi connectivity index (χ0) is 82.0. The number of carbonyl (C=O) groups is 6. The number of hydrogen-bond acceptors (Lipinski definition) is 6. The second-order valence-corrected chi connectivity index (χ2v) is 52.0. The number of nitrogens with one attached hydrogen (secondary N) is 4. The van der Waals surface area contributed by atoms with Gasteiger partial charge < -0.3 is 0 Å². The number of hydrogen-bond donors (Lipinski definition) is 4. The van der Waals surface area contributed by atoms with Crippen LogP contribution in [-0.4, -0.2) is 35.7 Å². The normalized spacial score (nSPS) is 29.8. The molecule has 4 N–H and O–H groups in total. The van der Waals surface area contributed by atoms with Crippen LogP contribution >= 0.6 is 0 Å². The van der Waals surface area contributed by atoms with Crippen LogP contribution in [0.15, 0.2) is 0 Å². The van der Waals surface area contributed by atoms with Gasteiger partial charge in [0.2, 0.25) is 23.6 Å². The lowest BCUT2D eigenvalue weighted by Crippen LogP contribution is -2.88. The van der Waals surface area contributed by atoms with E-state index in [2.05, 4.69) is 21.3 Å². The Morgan fingerprint density at radius 2 is 0.203 bits per heavy atom. The Hall–Kier alpha value is -17.3. The summed E-state index contributed by atoms with van der Waals surface area (Å²) in [6, 6.07) is -1.47. The van der Waals surface area contributed by atoms with Crippen LogP contribution in [0.25, 0.3) is 518 Å². The van der Waals surface area contributed by atoms with Crippen molar-refractivity contribution in [2.24, 2.45) is 10.8 Å². The van der Waals surface area contributed by atoms with Gasteiger partial charge in [-0.15, -0.1) is 0 Å². The van der Waals surface area contributed by atoms with Gasteiger partial charge in [-0.05, 0) is 607 Å². The molecular formula is C128H4N4O6.